The monoisotopic (exact) mass is 1930 g/mol. The van der Waals surface area contributed by atoms with Crippen LogP contribution in [0.4, 0.5) is 29.1 Å². The number of hydrogen-bond donors (Lipinski definition) is 3. The minimum absolute atomic E-state index is 0.00203. The number of carbonyl (C=O) groups is 5. The van der Waals surface area contributed by atoms with Crippen LogP contribution >= 0.6 is 0 Å². The van der Waals surface area contributed by atoms with Gasteiger partial charge in [-0.3, -0.25) is 130 Å². The average Bonchev–Trinajstić information content (AvgIpc) is 1.58. The maximum atomic E-state index is 13.0. The van der Waals surface area contributed by atoms with Gasteiger partial charge in [-0.15, -0.1) is 0 Å². The molecule has 0 aromatic carbocycles. The van der Waals surface area contributed by atoms with Crippen molar-refractivity contribution in [1.29, 1.82) is 0 Å². The van der Waals surface area contributed by atoms with E-state index in [9.17, 15) is 24.0 Å². The van der Waals surface area contributed by atoms with Gasteiger partial charge in [-0.2, -0.15) is 50.8 Å². The van der Waals surface area contributed by atoms with Crippen LogP contribution in [-0.2, 0) is 111 Å². The first-order valence-electron chi connectivity index (χ1n) is 48.7. The summed E-state index contributed by atoms with van der Waals surface area (Å²) >= 11 is 0. The number of pyridine rings is 5. The summed E-state index contributed by atoms with van der Waals surface area (Å²) in [7, 11) is 9.12. The molecule has 0 unspecified atom stereocenters. The number of anilines is 5. The molecule has 0 saturated heterocycles. The smallest absolute Gasteiger partial charge is 0.236 e. The van der Waals surface area contributed by atoms with E-state index in [1.54, 1.807) is 50.3 Å². The number of imidazole rings is 2. The van der Waals surface area contributed by atoms with Crippen molar-refractivity contribution >= 4 is 98.7 Å². The third kappa shape index (κ3) is 17.0. The van der Waals surface area contributed by atoms with Crippen LogP contribution in [0.25, 0.3) is 67.5 Å². The number of aromatic nitrogens is 27. The topological polar surface area (TPSA) is 457 Å². The van der Waals surface area contributed by atoms with Crippen molar-refractivity contribution in [3.8, 4) is 55.9 Å². The van der Waals surface area contributed by atoms with E-state index in [0.29, 0.717) is 163 Å². The summed E-state index contributed by atoms with van der Waals surface area (Å²) < 4.78 is 18.5. The fraction of sp³-hybridized carbons (Fsp3) is 0.311. The number of rotatable bonds is 1. The summed E-state index contributed by atoms with van der Waals surface area (Å²) in [5.74, 6) is 4.32. The summed E-state index contributed by atoms with van der Waals surface area (Å²) in [4.78, 5) is 132. The Balaban J connectivity index is 0.0000000974. The molecule has 0 radical (unpaired) electrons. The highest BCUT2D eigenvalue weighted by Crippen LogP contribution is 2.45. The van der Waals surface area contributed by atoms with Gasteiger partial charge in [0.1, 0.15) is 11.4 Å². The molecule has 20 bridgehead atoms. The second-order valence-electron chi connectivity index (χ2n) is 37.9. The van der Waals surface area contributed by atoms with Gasteiger partial charge in [0.25, 0.3) is 0 Å². The lowest BCUT2D eigenvalue weighted by Crippen LogP contribution is -2.27. The van der Waals surface area contributed by atoms with Crippen LogP contribution in [0.2, 0.25) is 0 Å². The summed E-state index contributed by atoms with van der Waals surface area (Å²) in [5, 5.41) is 45.6. The number of amides is 5. The zero-order valence-corrected chi connectivity index (χ0v) is 81.2. The van der Waals surface area contributed by atoms with Crippen molar-refractivity contribution in [2.75, 3.05) is 39.8 Å². The third-order valence-electron chi connectivity index (χ3n) is 27.7. The van der Waals surface area contributed by atoms with Gasteiger partial charge in [0, 0.05) is 311 Å². The van der Waals surface area contributed by atoms with Crippen molar-refractivity contribution in [1.82, 2.24) is 132 Å². The summed E-state index contributed by atoms with van der Waals surface area (Å²) in [5.41, 5.74) is 33.3. The first-order chi connectivity index (χ1) is 70.5. The molecule has 145 heavy (non-hydrogen) atoms. The molecule has 17 aromatic rings. The first-order valence-corrected chi connectivity index (χ1v) is 48.7. The minimum atomic E-state index is -0.0859. The van der Waals surface area contributed by atoms with Gasteiger partial charge in [-0.25, -0.2) is 9.97 Å². The van der Waals surface area contributed by atoms with E-state index in [0.717, 1.165) is 210 Å². The second-order valence-corrected chi connectivity index (χ2v) is 37.9. The molecule has 17 aromatic heterocycles. The van der Waals surface area contributed by atoms with Crippen molar-refractivity contribution in [2.24, 2.45) is 46.1 Å². The fourth-order valence-electron chi connectivity index (χ4n) is 20.3. The molecule has 10 aliphatic heterocycles. The zero-order valence-electron chi connectivity index (χ0n) is 81.2. The van der Waals surface area contributed by atoms with Gasteiger partial charge >= 0.3 is 0 Å². The molecular formula is C103H99N37O5. The maximum Gasteiger partial charge on any atom is 0.236 e. The third-order valence-corrected chi connectivity index (χ3v) is 27.7. The molecule has 1 aliphatic carbocycles. The Morgan fingerprint density at radius 2 is 0.641 bits per heavy atom. The molecule has 3 N–H and O–H groups in total. The lowest BCUT2D eigenvalue weighted by atomic mass is 9.99. The van der Waals surface area contributed by atoms with Crippen LogP contribution in [0.3, 0.4) is 0 Å². The molecule has 42 nitrogen and oxygen atoms in total. The van der Waals surface area contributed by atoms with Gasteiger partial charge in [0.05, 0.1) is 118 Å². The molecule has 0 spiro atoms. The summed E-state index contributed by atoms with van der Waals surface area (Å²) in [6.45, 7) is 14.2. The summed E-state index contributed by atoms with van der Waals surface area (Å²) in [6, 6.07) is 14.2. The molecule has 726 valence electrons. The number of nitrogens with zero attached hydrogens (tertiary/aromatic N) is 34. The van der Waals surface area contributed by atoms with Crippen LogP contribution in [0.15, 0.2) is 173 Å². The molecule has 1 fully saturated rings. The Kier molecular flexibility index (Phi) is 22.6. The Labute approximate surface area is 828 Å². The van der Waals surface area contributed by atoms with Crippen molar-refractivity contribution in [3.05, 3.63) is 260 Å². The predicted molar refractivity (Wildman–Crippen MR) is 539 cm³/mol. The Morgan fingerprint density at radius 1 is 0.310 bits per heavy atom. The van der Waals surface area contributed by atoms with Gasteiger partial charge < -0.3 is 16.0 Å². The number of aryl methyl sites for hydroxylation is 12. The van der Waals surface area contributed by atoms with Crippen LogP contribution in [-0.4, -0.2) is 204 Å². The van der Waals surface area contributed by atoms with E-state index in [-0.39, 0.29) is 29.5 Å². The Morgan fingerprint density at radius 3 is 1.06 bits per heavy atom. The highest BCUT2D eigenvalue weighted by molar-refractivity contribution is 6.20. The van der Waals surface area contributed by atoms with Crippen molar-refractivity contribution < 1.29 is 24.0 Å². The van der Waals surface area contributed by atoms with E-state index in [1.165, 1.54) is 12.8 Å². The Bertz CT molecular complexity index is 8420. The van der Waals surface area contributed by atoms with E-state index in [4.69, 9.17) is 35.0 Å². The standard InChI is InChI=1S/C22H20N8O.C21H18N8O.C21H21N7O.C20H21N7O.C19H19N7O/c1-13-16-12-29(27-13)7-3-5-18(31)28(2)21-20(30-8-4-6-23-22(30)26-21)14-9-15-17(24-10-14)11-25-19(15)16;1-12-15-11-28(27-12)6-2-4-17(30)25-20-19(29-7-3-5-22-21(29)26-20)13-8-14-16(23-9-13)10-24-18(14)15;1-27-10-15-13-7-14-17(22-8-13)9-23-20(14)16-11-28(25-19(16)12-4-5-12)6-2-3-18(29)24-21(15)26-27;1-12-15-11-27(23-12)6-4-5-18(28)26(3)20-16(10-25(2)24-20)13-7-14-17(21-8-13)9-22-19(14)15;1-11-14-10-26(23-11)5-3-4-17(27)22-19-15(9-25(2)24-19)12-6-13-16(20-7-12)8-21-18(13)14/h4,6,8-10,12H,3,5,7,11H2,1-2H3;3,5,7-9,11H,2,4,6,10H2,1H3,(H,25,30);7-8,10-12H,2-6,9H2,1H3,(H,24,26,29);7-8,10-11H,4-6,9H2,1-3H3;6-7,9-10H,3-5,8H2,1-2H3,(H,22,24,27). The largest absolute Gasteiger partial charge is 0.309 e. The number of aliphatic imine (C=N–C) groups is 5. The molecule has 27 heterocycles. The number of hydrogen-bond acceptors (Lipinski definition) is 27. The zero-order chi connectivity index (χ0) is 98.8. The van der Waals surface area contributed by atoms with E-state index in [2.05, 4.69) is 128 Å². The van der Waals surface area contributed by atoms with Crippen molar-refractivity contribution in [2.45, 2.75) is 176 Å². The van der Waals surface area contributed by atoms with Crippen molar-refractivity contribution in [3.63, 3.8) is 0 Å². The van der Waals surface area contributed by atoms with Crippen LogP contribution in [0, 0.1) is 27.7 Å². The quantitative estimate of drug-likeness (QED) is 0.137. The number of fused-ring (bicyclic) bond motifs is 34. The normalized spacial score (nSPS) is 16.2. The SMILES string of the molecule is Cc1nn2cc1C1=NCc3ncc(cc31)-c1c(nc3ncccn13)N(C)C(=O)CCC2.Cc1nn2cc1C1=NCc3ncc(cc31)-c1c(nc3ncccn13)NC(=O)CCC2.Cc1nn2cc1C1=NCc3ncc(cc31)-c1cn(C)nc1N(C)C(=O)CCC2.Cc1nn2cc1C1=NCc3ncc(cc31)-c1cn(C)nc1NC(=O)CCC2.Cn1cc2c(n1)NC(=O)CCCn1cc(c(C3CC3)n1)C1=NCc3ncc-2cc31. The van der Waals surface area contributed by atoms with E-state index in [1.807, 2.05) is 180 Å². The number of nitrogens with one attached hydrogen (secondary N) is 3. The number of carbonyl (C=O) groups excluding carboxylic acids is 5. The van der Waals surface area contributed by atoms with Gasteiger partial charge in [-0.1, -0.05) is 0 Å². The molecule has 11 aliphatic rings. The minimum Gasteiger partial charge on any atom is -0.309 e. The van der Waals surface area contributed by atoms with Gasteiger partial charge in [0.15, 0.2) is 29.1 Å². The lowest BCUT2D eigenvalue weighted by molar-refractivity contribution is -0.119. The van der Waals surface area contributed by atoms with Gasteiger partial charge in [0.2, 0.25) is 41.1 Å². The molecule has 0 atom stereocenters. The van der Waals surface area contributed by atoms with Crippen LogP contribution in [0.1, 0.15) is 196 Å². The van der Waals surface area contributed by atoms with E-state index >= 15 is 0 Å². The molecule has 1 saturated carbocycles. The highest BCUT2D eigenvalue weighted by Gasteiger charge is 2.37. The average molecular weight is 1940 g/mol. The lowest BCUT2D eigenvalue weighted by Gasteiger charge is -2.17. The molecule has 42 heteroatoms. The van der Waals surface area contributed by atoms with Crippen LogP contribution < -0.4 is 25.8 Å². The highest BCUT2D eigenvalue weighted by atomic mass is 16.2. The second kappa shape index (κ2) is 36.5. The molecule has 28 rings (SSSR count). The predicted octanol–water partition coefficient (Wildman–Crippen LogP) is 11.6. The summed E-state index contributed by atoms with van der Waals surface area (Å²) in [6.07, 6.45) is 40.2. The Hall–Kier alpha value is -17.6. The van der Waals surface area contributed by atoms with Gasteiger partial charge in [-0.05, 0) is 115 Å². The maximum absolute atomic E-state index is 13.0. The van der Waals surface area contributed by atoms with Crippen LogP contribution in [0.5, 0.6) is 0 Å². The fourth-order valence-corrected chi connectivity index (χ4v) is 20.3. The molecular weight excluding hydrogens is 1840 g/mol. The first kappa shape index (κ1) is 90.0. The van der Waals surface area contributed by atoms with E-state index < -0.39 is 0 Å². The molecule has 5 amide bonds.